The van der Waals surface area contributed by atoms with Gasteiger partial charge in [0.15, 0.2) is 0 Å². The minimum atomic E-state index is -2.17. The Hall–Kier alpha value is -2.19. The lowest BCUT2D eigenvalue weighted by Crippen LogP contribution is -2.24. The zero-order valence-electron chi connectivity index (χ0n) is 13.0. The van der Waals surface area contributed by atoms with Crippen LogP contribution in [0.25, 0.3) is 11.6 Å². The number of nitriles is 1. The Bertz CT molecular complexity index is 851. The van der Waals surface area contributed by atoms with E-state index in [0.29, 0.717) is 22.4 Å². The first-order valence-corrected chi connectivity index (χ1v) is 8.13. The Morgan fingerprint density at radius 2 is 1.88 bits per heavy atom. The Balaban J connectivity index is 2.35. The molecule has 0 spiro atoms. The van der Waals surface area contributed by atoms with Crippen LogP contribution in [0.4, 0.5) is 0 Å². The summed E-state index contributed by atoms with van der Waals surface area (Å²) >= 11 is 16.4. The van der Waals surface area contributed by atoms with Crippen LogP contribution in [0.5, 0.6) is 11.5 Å². The highest BCUT2D eigenvalue weighted by atomic mass is 35.6. The number of esters is 1. The number of nitrogens with zero attached hydrogens (tertiary/aromatic N) is 1. The maximum absolute atomic E-state index is 11.6. The largest absolute Gasteiger partial charge is 0.496 e. The highest BCUT2D eigenvalue weighted by molar-refractivity contribution is 6.75. The van der Waals surface area contributed by atoms with Gasteiger partial charge in [0.1, 0.15) is 11.5 Å². The fourth-order valence-electron chi connectivity index (χ4n) is 2.04. The number of allylic oxidation sites excluding steroid dienone is 1. The molecule has 0 saturated heterocycles. The van der Waals surface area contributed by atoms with Crippen LogP contribution < -0.4 is 9.47 Å². The van der Waals surface area contributed by atoms with Crippen molar-refractivity contribution in [3.8, 4) is 17.6 Å². The number of ether oxygens (including phenoxy) is 2. The molecule has 2 rings (SSSR count). The average molecular weight is 397 g/mol. The van der Waals surface area contributed by atoms with Crippen molar-refractivity contribution in [2.24, 2.45) is 0 Å². The van der Waals surface area contributed by atoms with E-state index in [1.807, 2.05) is 12.1 Å². The van der Waals surface area contributed by atoms with E-state index in [4.69, 9.17) is 44.3 Å². The lowest BCUT2D eigenvalue weighted by molar-refractivity contribution is -0.133. The zero-order valence-corrected chi connectivity index (χ0v) is 15.3. The molecule has 7 heteroatoms. The number of alkyl halides is 3. The highest BCUT2D eigenvalue weighted by Crippen LogP contribution is 2.30. The van der Waals surface area contributed by atoms with Crippen LogP contribution in [-0.2, 0) is 4.79 Å². The summed E-state index contributed by atoms with van der Waals surface area (Å²) in [4.78, 5) is 11.6. The summed E-state index contributed by atoms with van der Waals surface area (Å²) in [5.41, 5.74) is 1.68. The third-order valence-corrected chi connectivity index (χ3v) is 3.59. The number of rotatable bonds is 4. The van der Waals surface area contributed by atoms with Crippen LogP contribution in [0.3, 0.4) is 0 Å². The Labute approximate surface area is 160 Å². The van der Waals surface area contributed by atoms with E-state index >= 15 is 0 Å². The predicted octanol–water partition coefficient (Wildman–Crippen LogP) is 5.03. The molecule has 0 N–H and O–H groups in total. The molecule has 0 aromatic heterocycles. The van der Waals surface area contributed by atoms with E-state index < -0.39 is 9.76 Å². The fourth-order valence-corrected chi connectivity index (χ4v) is 2.15. The van der Waals surface area contributed by atoms with Gasteiger partial charge in [-0.1, -0.05) is 59.1 Å². The lowest BCUT2D eigenvalue weighted by Gasteiger charge is -2.10. The number of hydrogen-bond donors (Lipinski definition) is 0. The number of methoxy groups -OCH3 is 1. The van der Waals surface area contributed by atoms with E-state index in [2.05, 4.69) is 6.07 Å². The minimum absolute atomic E-state index is 0.197. The van der Waals surface area contributed by atoms with Gasteiger partial charge in [-0.05, 0) is 35.9 Å². The second-order valence-corrected chi connectivity index (χ2v) is 7.11. The van der Waals surface area contributed by atoms with E-state index in [9.17, 15) is 10.1 Å². The molecule has 0 aliphatic rings. The molecule has 0 amide bonds. The van der Waals surface area contributed by atoms with Crippen molar-refractivity contribution in [1.29, 1.82) is 5.26 Å². The SMILES string of the molecule is COc1ccccc1/C(C#N)=C\c1cccc(OC(=O)C(Cl)(Cl)Cl)c1. The Morgan fingerprint density at radius 1 is 1.16 bits per heavy atom. The monoisotopic (exact) mass is 395 g/mol. The second kappa shape index (κ2) is 8.26. The first kappa shape index (κ1) is 19.1. The standard InChI is InChI=1S/C18H12Cl3NO3/c1-24-16-8-3-2-7-15(16)13(11-22)9-12-5-4-6-14(10-12)25-17(23)18(19,20)21/h2-10H,1H3/b13-9-. The molecule has 0 fully saturated rings. The summed E-state index contributed by atoms with van der Waals surface area (Å²) in [6.07, 6.45) is 1.64. The average Bonchev–Trinajstić information content (AvgIpc) is 2.59. The van der Waals surface area contributed by atoms with Crippen molar-refractivity contribution in [2.75, 3.05) is 7.11 Å². The molecule has 128 valence electrons. The summed E-state index contributed by atoms with van der Waals surface area (Å²) in [5, 5.41) is 9.47. The number of carbonyl (C=O) groups is 1. The Kier molecular flexibility index (Phi) is 6.33. The summed E-state index contributed by atoms with van der Waals surface area (Å²) in [6, 6.07) is 15.8. The normalized spacial score (nSPS) is 11.6. The van der Waals surface area contributed by atoms with Crippen LogP contribution in [0.1, 0.15) is 11.1 Å². The fraction of sp³-hybridized carbons (Fsp3) is 0.111. The molecular weight excluding hydrogens is 385 g/mol. The van der Waals surface area contributed by atoms with E-state index in [-0.39, 0.29) is 5.75 Å². The molecule has 0 saturated carbocycles. The molecule has 0 aliphatic carbocycles. The molecular formula is C18H12Cl3NO3. The molecule has 0 atom stereocenters. The van der Waals surface area contributed by atoms with Crippen molar-refractivity contribution in [3.05, 3.63) is 59.7 Å². The Morgan fingerprint density at radius 3 is 2.52 bits per heavy atom. The van der Waals surface area contributed by atoms with E-state index in [1.165, 1.54) is 7.11 Å². The maximum atomic E-state index is 11.6. The highest BCUT2D eigenvalue weighted by Gasteiger charge is 2.33. The molecule has 0 unspecified atom stereocenters. The van der Waals surface area contributed by atoms with Gasteiger partial charge in [0.25, 0.3) is 3.79 Å². The molecule has 0 aliphatic heterocycles. The van der Waals surface area contributed by atoms with Crippen LogP contribution in [0.15, 0.2) is 48.5 Å². The summed E-state index contributed by atoms with van der Waals surface area (Å²) in [6.45, 7) is 0. The topological polar surface area (TPSA) is 59.3 Å². The van der Waals surface area contributed by atoms with Crippen molar-refractivity contribution in [1.82, 2.24) is 0 Å². The molecule has 0 radical (unpaired) electrons. The molecule has 2 aromatic rings. The van der Waals surface area contributed by atoms with Gasteiger partial charge in [0, 0.05) is 5.56 Å². The third-order valence-electron chi connectivity index (χ3n) is 3.13. The van der Waals surface area contributed by atoms with Gasteiger partial charge in [0.2, 0.25) is 0 Å². The van der Waals surface area contributed by atoms with Crippen molar-refractivity contribution < 1.29 is 14.3 Å². The van der Waals surface area contributed by atoms with Crippen LogP contribution >= 0.6 is 34.8 Å². The quantitative estimate of drug-likeness (QED) is 0.239. The second-order valence-electron chi connectivity index (χ2n) is 4.83. The number of benzene rings is 2. The van der Waals surface area contributed by atoms with Crippen LogP contribution in [0, 0.1) is 11.3 Å². The minimum Gasteiger partial charge on any atom is -0.496 e. The number of hydrogen-bond acceptors (Lipinski definition) is 4. The summed E-state index contributed by atoms with van der Waals surface area (Å²) < 4.78 is 8.12. The van der Waals surface area contributed by atoms with Crippen molar-refractivity contribution in [2.45, 2.75) is 3.79 Å². The maximum Gasteiger partial charge on any atom is 0.363 e. The molecule has 2 aromatic carbocycles. The first-order valence-electron chi connectivity index (χ1n) is 6.99. The van der Waals surface area contributed by atoms with Gasteiger partial charge in [-0.15, -0.1) is 0 Å². The summed E-state index contributed by atoms with van der Waals surface area (Å²) in [7, 11) is 1.53. The third kappa shape index (κ3) is 5.14. The van der Waals surface area contributed by atoms with E-state index in [1.54, 1.807) is 42.5 Å². The molecule has 25 heavy (non-hydrogen) atoms. The van der Waals surface area contributed by atoms with Gasteiger partial charge in [-0.25, -0.2) is 4.79 Å². The number of carbonyl (C=O) groups excluding carboxylic acids is 1. The van der Waals surface area contributed by atoms with Gasteiger partial charge in [0.05, 0.1) is 18.8 Å². The molecule has 0 bridgehead atoms. The molecule has 0 heterocycles. The van der Waals surface area contributed by atoms with Crippen LogP contribution in [-0.4, -0.2) is 16.9 Å². The number of para-hydroxylation sites is 1. The van der Waals surface area contributed by atoms with E-state index in [0.717, 1.165) is 0 Å². The molecule has 4 nitrogen and oxygen atoms in total. The lowest BCUT2D eigenvalue weighted by atomic mass is 10.0. The smallest absolute Gasteiger partial charge is 0.363 e. The summed E-state index contributed by atoms with van der Waals surface area (Å²) in [5.74, 6) is -0.236. The number of halogens is 3. The van der Waals surface area contributed by atoms with Gasteiger partial charge in [-0.3, -0.25) is 0 Å². The first-order chi connectivity index (χ1) is 11.8. The van der Waals surface area contributed by atoms with Gasteiger partial charge < -0.3 is 9.47 Å². The van der Waals surface area contributed by atoms with Gasteiger partial charge >= 0.3 is 5.97 Å². The van der Waals surface area contributed by atoms with Crippen LogP contribution in [0.2, 0.25) is 0 Å². The van der Waals surface area contributed by atoms with Gasteiger partial charge in [-0.2, -0.15) is 5.26 Å². The predicted molar refractivity (Wildman–Crippen MR) is 98.8 cm³/mol. The van der Waals surface area contributed by atoms with Crippen molar-refractivity contribution >= 4 is 52.4 Å². The van der Waals surface area contributed by atoms with Crippen molar-refractivity contribution in [3.63, 3.8) is 0 Å². The zero-order chi connectivity index (χ0) is 18.4.